The summed E-state index contributed by atoms with van der Waals surface area (Å²) < 4.78 is 9.78. The van der Waals surface area contributed by atoms with Crippen molar-refractivity contribution in [3.63, 3.8) is 0 Å². The van der Waals surface area contributed by atoms with Crippen molar-refractivity contribution >= 4 is 11.9 Å². The summed E-state index contributed by atoms with van der Waals surface area (Å²) in [5, 5.41) is 18.5. The summed E-state index contributed by atoms with van der Waals surface area (Å²) in [4.78, 5) is 22.4. The van der Waals surface area contributed by atoms with E-state index in [0.29, 0.717) is 6.42 Å². The van der Waals surface area contributed by atoms with Crippen LogP contribution in [0.15, 0.2) is 60.8 Å². The van der Waals surface area contributed by atoms with Gasteiger partial charge in [-0.3, -0.25) is 9.59 Å². The van der Waals surface area contributed by atoms with Gasteiger partial charge in [0.1, 0.15) is 6.61 Å². The van der Waals surface area contributed by atoms with Gasteiger partial charge < -0.3 is 19.7 Å². The van der Waals surface area contributed by atoms with E-state index >= 15 is 0 Å². The summed E-state index contributed by atoms with van der Waals surface area (Å²) in [6.45, 7) is 2.70. The Balaban J connectivity index is 3.74. The number of aliphatic hydroxyl groups is 2. The number of ether oxygens (including phenoxy) is 2. The number of carbonyl (C=O) groups is 2. The minimum Gasteiger partial charge on any atom is -0.462 e. The number of aliphatic hydroxyl groups excluding tert-OH is 2. The molecule has 6 heteroatoms. The predicted octanol–water partition coefficient (Wildman–Crippen LogP) is 4.35. The third kappa shape index (κ3) is 20.6. The van der Waals surface area contributed by atoms with Gasteiger partial charge in [0.25, 0.3) is 0 Å². The number of allylic oxidation sites excluding steroid dienone is 9. The van der Waals surface area contributed by atoms with Crippen LogP contribution in [0.5, 0.6) is 0 Å². The zero-order valence-electron chi connectivity index (χ0n) is 18.8. The molecule has 2 N–H and O–H groups in total. The van der Waals surface area contributed by atoms with E-state index in [0.717, 1.165) is 32.1 Å². The summed E-state index contributed by atoms with van der Waals surface area (Å²) in [6.07, 6.45) is 24.0. The van der Waals surface area contributed by atoms with E-state index in [1.165, 1.54) is 6.92 Å². The van der Waals surface area contributed by atoms with Gasteiger partial charge in [0.05, 0.1) is 12.7 Å². The number of carbonyl (C=O) groups excluding carboxylic acids is 2. The molecular weight excluding hydrogens is 396 g/mol. The molecule has 0 unspecified atom stereocenters. The molecule has 174 valence electrons. The second kappa shape index (κ2) is 20.8. The molecule has 0 aliphatic carbocycles. The molecule has 0 aromatic carbocycles. The molecule has 31 heavy (non-hydrogen) atoms. The molecule has 0 saturated carbocycles. The van der Waals surface area contributed by atoms with Crippen molar-refractivity contribution in [2.75, 3.05) is 13.2 Å². The van der Waals surface area contributed by atoms with Crippen molar-refractivity contribution in [3.8, 4) is 0 Å². The lowest BCUT2D eigenvalue weighted by molar-refractivity contribution is -0.160. The number of hydrogen-bond donors (Lipinski definition) is 2. The maximum Gasteiger partial charge on any atom is 0.306 e. The van der Waals surface area contributed by atoms with Crippen LogP contribution in [-0.2, 0) is 19.1 Å². The molecule has 0 bridgehead atoms. The average Bonchev–Trinajstić information content (AvgIpc) is 2.75. The number of rotatable bonds is 17. The highest BCUT2D eigenvalue weighted by molar-refractivity contribution is 5.69. The van der Waals surface area contributed by atoms with E-state index < -0.39 is 18.0 Å². The van der Waals surface area contributed by atoms with E-state index in [2.05, 4.69) is 30.4 Å². The van der Waals surface area contributed by atoms with Crippen molar-refractivity contribution in [1.29, 1.82) is 0 Å². The molecule has 0 aromatic heterocycles. The monoisotopic (exact) mass is 434 g/mol. The van der Waals surface area contributed by atoms with E-state index in [4.69, 9.17) is 14.6 Å². The summed E-state index contributed by atoms with van der Waals surface area (Å²) in [5.74, 6) is -0.884. The largest absolute Gasteiger partial charge is 0.462 e. The van der Waals surface area contributed by atoms with Crippen LogP contribution in [0.25, 0.3) is 0 Å². The first-order valence-electron chi connectivity index (χ1n) is 10.9. The van der Waals surface area contributed by atoms with Crippen molar-refractivity contribution < 1.29 is 29.3 Å². The van der Waals surface area contributed by atoms with Gasteiger partial charge >= 0.3 is 11.9 Å². The second-order valence-electron chi connectivity index (χ2n) is 6.90. The van der Waals surface area contributed by atoms with Crippen LogP contribution in [0.4, 0.5) is 0 Å². The first kappa shape index (κ1) is 28.6. The van der Waals surface area contributed by atoms with Gasteiger partial charge in [-0.2, -0.15) is 0 Å². The molecule has 0 rings (SSSR count). The van der Waals surface area contributed by atoms with Gasteiger partial charge in [0.15, 0.2) is 6.10 Å². The topological polar surface area (TPSA) is 93.1 Å². The predicted molar refractivity (Wildman–Crippen MR) is 123 cm³/mol. The summed E-state index contributed by atoms with van der Waals surface area (Å²) in [6, 6.07) is 0. The Morgan fingerprint density at radius 2 is 1.55 bits per heavy atom. The third-order valence-corrected chi connectivity index (χ3v) is 4.04. The van der Waals surface area contributed by atoms with Crippen molar-refractivity contribution in [2.45, 2.75) is 71.0 Å². The van der Waals surface area contributed by atoms with Gasteiger partial charge in [-0.1, -0.05) is 67.7 Å². The average molecular weight is 435 g/mol. The molecular formula is C25H38O6. The molecule has 0 heterocycles. The molecule has 2 atom stereocenters. The quantitative estimate of drug-likeness (QED) is 0.153. The Morgan fingerprint density at radius 3 is 2.13 bits per heavy atom. The molecule has 0 aliphatic rings. The zero-order valence-corrected chi connectivity index (χ0v) is 18.8. The summed E-state index contributed by atoms with van der Waals surface area (Å²) in [7, 11) is 0. The number of esters is 2. The summed E-state index contributed by atoms with van der Waals surface area (Å²) in [5.41, 5.74) is 0. The van der Waals surface area contributed by atoms with E-state index in [1.54, 1.807) is 6.08 Å². The maximum absolute atomic E-state index is 11.7. The maximum atomic E-state index is 11.7. The molecule has 0 amide bonds. The first-order chi connectivity index (χ1) is 15.0. The van der Waals surface area contributed by atoms with Crippen LogP contribution in [0, 0.1) is 0 Å². The highest BCUT2D eigenvalue weighted by atomic mass is 16.6. The molecule has 0 fully saturated rings. The lowest BCUT2D eigenvalue weighted by Gasteiger charge is -2.14. The van der Waals surface area contributed by atoms with Crippen molar-refractivity contribution in [2.24, 2.45) is 0 Å². The number of hydrogen-bond acceptors (Lipinski definition) is 6. The fourth-order valence-electron chi connectivity index (χ4n) is 2.26. The molecule has 0 spiro atoms. The smallest absolute Gasteiger partial charge is 0.306 e. The molecule has 0 saturated heterocycles. The lowest BCUT2D eigenvalue weighted by atomic mass is 10.2. The Morgan fingerprint density at radius 1 is 0.935 bits per heavy atom. The van der Waals surface area contributed by atoms with Crippen molar-refractivity contribution in [1.82, 2.24) is 0 Å². The van der Waals surface area contributed by atoms with E-state index in [1.807, 2.05) is 31.2 Å². The number of unbranched alkanes of at least 4 members (excludes halogenated alkanes) is 1. The minimum atomic E-state index is -0.807. The van der Waals surface area contributed by atoms with Crippen LogP contribution in [-0.4, -0.2) is 47.6 Å². The first-order valence-corrected chi connectivity index (χ1v) is 10.9. The summed E-state index contributed by atoms with van der Waals surface area (Å²) >= 11 is 0. The van der Waals surface area contributed by atoms with Crippen LogP contribution < -0.4 is 0 Å². The SMILES string of the molecule is CC[C@@H](O)/C=C/C=C\C/C=C\C/C=C\C/C=C\CCCC(=O)O[C@@H](CO)COC(C)=O. The third-order valence-electron chi connectivity index (χ3n) is 4.04. The molecule has 0 aromatic rings. The van der Waals surface area contributed by atoms with Crippen LogP contribution >= 0.6 is 0 Å². The van der Waals surface area contributed by atoms with Gasteiger partial charge in [-0.15, -0.1) is 0 Å². The fourth-order valence-corrected chi connectivity index (χ4v) is 2.26. The Labute approximate surface area is 186 Å². The van der Waals surface area contributed by atoms with Crippen LogP contribution in [0.2, 0.25) is 0 Å². The van der Waals surface area contributed by atoms with E-state index in [-0.39, 0.29) is 25.7 Å². The van der Waals surface area contributed by atoms with E-state index in [9.17, 15) is 14.7 Å². The Kier molecular flexibility index (Phi) is 19.2. The van der Waals surface area contributed by atoms with Crippen LogP contribution in [0.1, 0.15) is 58.8 Å². The fraction of sp³-hybridized carbons (Fsp3) is 0.520. The molecule has 0 radical (unpaired) electrons. The normalized spacial score (nSPS) is 14.3. The Hall–Kier alpha value is -2.44. The standard InChI is InChI=1S/C25H38O6/c1-3-23(28)18-16-14-12-10-8-6-4-5-7-9-11-13-15-17-19-25(29)31-24(20-26)21-30-22(2)27/h5-8,11-14,16,18,23-24,26,28H,3-4,9-10,15,17,19-21H2,1-2H3/b7-5-,8-6-,13-11-,14-12-,18-16+/t23-,24+/m1/s1. The van der Waals surface area contributed by atoms with Gasteiger partial charge in [0, 0.05) is 13.3 Å². The molecule has 0 aliphatic heterocycles. The highest BCUT2D eigenvalue weighted by Gasteiger charge is 2.14. The minimum absolute atomic E-state index is 0.128. The molecule has 6 nitrogen and oxygen atoms in total. The lowest BCUT2D eigenvalue weighted by Crippen LogP contribution is -2.28. The van der Waals surface area contributed by atoms with Crippen LogP contribution in [0.3, 0.4) is 0 Å². The van der Waals surface area contributed by atoms with Gasteiger partial charge in [-0.05, 0) is 38.5 Å². The Bertz CT molecular complexity index is 616. The van der Waals surface area contributed by atoms with Gasteiger partial charge in [-0.25, -0.2) is 0 Å². The highest BCUT2D eigenvalue weighted by Crippen LogP contribution is 2.03. The van der Waals surface area contributed by atoms with Crippen molar-refractivity contribution in [3.05, 3.63) is 60.8 Å². The van der Waals surface area contributed by atoms with Gasteiger partial charge in [0.2, 0.25) is 0 Å². The zero-order chi connectivity index (χ0) is 23.2. The second-order valence-corrected chi connectivity index (χ2v) is 6.90.